The van der Waals surface area contributed by atoms with Gasteiger partial charge in [0.05, 0.1) is 11.6 Å². The summed E-state index contributed by atoms with van der Waals surface area (Å²) < 4.78 is 18.0. The van der Waals surface area contributed by atoms with E-state index in [1.807, 2.05) is 0 Å². The molecule has 0 aliphatic carbocycles. The van der Waals surface area contributed by atoms with Gasteiger partial charge in [-0.2, -0.15) is 0 Å². The average Bonchev–Trinajstić information content (AvgIpc) is 2.77. The van der Waals surface area contributed by atoms with Crippen LogP contribution in [0.1, 0.15) is 11.7 Å². The van der Waals surface area contributed by atoms with Gasteiger partial charge in [-0.3, -0.25) is 0 Å². The summed E-state index contributed by atoms with van der Waals surface area (Å²) in [6.45, 7) is 0.608. The van der Waals surface area contributed by atoms with Crippen LogP contribution < -0.4 is 0 Å². The lowest BCUT2D eigenvalue weighted by molar-refractivity contribution is 0.408. The van der Waals surface area contributed by atoms with E-state index in [2.05, 4.69) is 0 Å². The highest BCUT2D eigenvalue weighted by molar-refractivity contribution is 6.30. The summed E-state index contributed by atoms with van der Waals surface area (Å²) in [5.74, 6) is -0.350. The highest BCUT2D eigenvalue weighted by Crippen LogP contribution is 2.33. The van der Waals surface area contributed by atoms with Crippen LogP contribution in [-0.2, 0) is 4.74 Å². The average molecular weight is 173 g/mol. The van der Waals surface area contributed by atoms with Crippen LogP contribution >= 0.6 is 11.6 Å². The Morgan fingerprint density at radius 2 is 2.27 bits per heavy atom. The molecule has 0 aromatic heterocycles. The molecular weight excluding hydrogens is 167 g/mol. The topological polar surface area (TPSA) is 12.5 Å². The van der Waals surface area contributed by atoms with Crippen molar-refractivity contribution in [3.05, 3.63) is 34.6 Å². The normalized spacial score (nSPS) is 21.8. The van der Waals surface area contributed by atoms with Crippen molar-refractivity contribution in [2.75, 3.05) is 6.61 Å². The molecule has 0 bridgehead atoms. The van der Waals surface area contributed by atoms with Crippen molar-refractivity contribution >= 4 is 11.6 Å². The minimum atomic E-state index is -0.350. The quantitative estimate of drug-likeness (QED) is 0.593. The van der Waals surface area contributed by atoms with Crippen molar-refractivity contribution in [2.24, 2.45) is 0 Å². The molecule has 1 unspecified atom stereocenters. The molecule has 0 saturated carbocycles. The largest absolute Gasteiger partial charge is 0.368 e. The van der Waals surface area contributed by atoms with Gasteiger partial charge in [0, 0.05) is 5.56 Å². The van der Waals surface area contributed by atoms with Crippen LogP contribution in [0.15, 0.2) is 18.2 Å². The van der Waals surface area contributed by atoms with Crippen molar-refractivity contribution in [1.82, 2.24) is 0 Å². The Kier molecular flexibility index (Phi) is 1.59. The van der Waals surface area contributed by atoms with Crippen molar-refractivity contribution in [2.45, 2.75) is 6.10 Å². The fourth-order valence-corrected chi connectivity index (χ4v) is 1.18. The lowest BCUT2D eigenvalue weighted by atomic mass is 10.1. The highest BCUT2D eigenvalue weighted by atomic mass is 35.5. The molecule has 1 saturated heterocycles. The molecule has 1 aromatic rings. The Labute approximate surface area is 68.7 Å². The summed E-state index contributed by atoms with van der Waals surface area (Å²) in [4.78, 5) is 0. The van der Waals surface area contributed by atoms with Gasteiger partial charge in [0.15, 0.2) is 0 Å². The predicted octanol–water partition coefficient (Wildman–Crippen LogP) is 2.55. The maximum absolute atomic E-state index is 13.1. The molecule has 0 N–H and O–H groups in total. The van der Waals surface area contributed by atoms with Gasteiger partial charge in [0.2, 0.25) is 0 Å². The smallest absolute Gasteiger partial charge is 0.147 e. The van der Waals surface area contributed by atoms with Gasteiger partial charge in [-0.05, 0) is 6.07 Å². The molecule has 0 amide bonds. The summed E-state index contributed by atoms with van der Waals surface area (Å²) in [5, 5.41) is 0.165. The van der Waals surface area contributed by atoms with Gasteiger partial charge >= 0.3 is 0 Å². The zero-order chi connectivity index (χ0) is 7.84. The molecular formula is C8H6ClFO. The molecule has 1 aliphatic rings. The van der Waals surface area contributed by atoms with Crippen LogP contribution in [0, 0.1) is 5.82 Å². The molecule has 3 heteroatoms. The maximum atomic E-state index is 13.1. The first-order valence-corrected chi connectivity index (χ1v) is 3.72. The first-order chi connectivity index (χ1) is 5.29. The zero-order valence-corrected chi connectivity index (χ0v) is 6.44. The number of hydrogen-bond donors (Lipinski definition) is 0. The predicted molar refractivity (Wildman–Crippen MR) is 40.1 cm³/mol. The monoisotopic (exact) mass is 172 g/mol. The fourth-order valence-electron chi connectivity index (χ4n) is 0.997. The number of ether oxygens (including phenoxy) is 1. The first kappa shape index (κ1) is 7.07. The highest BCUT2D eigenvalue weighted by Gasteiger charge is 2.28. The van der Waals surface area contributed by atoms with Crippen LogP contribution in [0.25, 0.3) is 0 Å². The van der Waals surface area contributed by atoms with E-state index < -0.39 is 0 Å². The van der Waals surface area contributed by atoms with E-state index >= 15 is 0 Å². The van der Waals surface area contributed by atoms with Crippen LogP contribution in [0.3, 0.4) is 0 Å². The van der Waals surface area contributed by atoms with Gasteiger partial charge in [-0.15, -0.1) is 0 Å². The molecule has 1 atom stereocenters. The van der Waals surface area contributed by atoms with Crippen molar-refractivity contribution in [3.63, 3.8) is 0 Å². The Hall–Kier alpha value is -0.600. The van der Waals surface area contributed by atoms with E-state index in [0.29, 0.717) is 12.2 Å². The maximum Gasteiger partial charge on any atom is 0.147 e. The second kappa shape index (κ2) is 2.47. The van der Waals surface area contributed by atoms with Crippen molar-refractivity contribution in [1.29, 1.82) is 0 Å². The molecule has 1 nitrogen and oxygen atoms in total. The number of benzene rings is 1. The Bertz CT molecular complexity index is 283. The van der Waals surface area contributed by atoms with Crippen LogP contribution in [0.5, 0.6) is 0 Å². The summed E-state index contributed by atoms with van der Waals surface area (Å²) in [7, 11) is 0. The SMILES string of the molecule is Fc1c(Cl)cccc1C1CO1. The second-order valence-corrected chi connectivity index (χ2v) is 2.87. The van der Waals surface area contributed by atoms with Gasteiger partial charge in [0.1, 0.15) is 11.9 Å². The minimum Gasteiger partial charge on any atom is -0.368 e. The Morgan fingerprint density at radius 3 is 2.91 bits per heavy atom. The number of hydrogen-bond acceptors (Lipinski definition) is 1. The molecule has 2 rings (SSSR count). The summed E-state index contributed by atoms with van der Waals surface area (Å²) in [6, 6.07) is 4.95. The van der Waals surface area contributed by atoms with E-state index in [4.69, 9.17) is 16.3 Å². The number of rotatable bonds is 1. The molecule has 1 aromatic carbocycles. The summed E-state index contributed by atoms with van der Waals surface area (Å²) in [6.07, 6.45) is -0.0614. The van der Waals surface area contributed by atoms with E-state index in [1.54, 1.807) is 12.1 Å². The van der Waals surface area contributed by atoms with Gasteiger partial charge < -0.3 is 4.74 Å². The third-order valence-electron chi connectivity index (χ3n) is 1.66. The first-order valence-electron chi connectivity index (χ1n) is 3.34. The minimum absolute atomic E-state index is 0.0614. The third-order valence-corrected chi connectivity index (χ3v) is 1.95. The molecule has 11 heavy (non-hydrogen) atoms. The summed E-state index contributed by atoms with van der Waals surface area (Å²) >= 11 is 5.56. The fraction of sp³-hybridized carbons (Fsp3) is 0.250. The zero-order valence-electron chi connectivity index (χ0n) is 5.68. The van der Waals surface area contributed by atoms with Gasteiger partial charge in [-0.25, -0.2) is 4.39 Å². The molecule has 0 spiro atoms. The van der Waals surface area contributed by atoms with Crippen molar-refractivity contribution < 1.29 is 9.13 Å². The lowest BCUT2D eigenvalue weighted by Crippen LogP contribution is -1.87. The number of epoxide rings is 1. The van der Waals surface area contributed by atoms with E-state index in [0.717, 1.165) is 0 Å². The van der Waals surface area contributed by atoms with Gasteiger partial charge in [-0.1, -0.05) is 23.7 Å². The van der Waals surface area contributed by atoms with Crippen LogP contribution in [0.2, 0.25) is 5.02 Å². The standard InChI is InChI=1S/C8H6ClFO/c9-6-3-1-2-5(8(6)10)7-4-11-7/h1-3,7H,4H2. The second-order valence-electron chi connectivity index (χ2n) is 2.47. The number of halogens is 2. The molecule has 1 heterocycles. The van der Waals surface area contributed by atoms with Crippen molar-refractivity contribution in [3.8, 4) is 0 Å². The van der Waals surface area contributed by atoms with E-state index in [1.165, 1.54) is 6.07 Å². The summed E-state index contributed by atoms with van der Waals surface area (Å²) in [5.41, 5.74) is 0.567. The lowest BCUT2D eigenvalue weighted by Gasteiger charge is -1.98. The van der Waals surface area contributed by atoms with E-state index in [-0.39, 0.29) is 16.9 Å². The molecule has 0 radical (unpaired) electrons. The Balaban J connectivity index is 2.45. The van der Waals surface area contributed by atoms with Crippen LogP contribution in [-0.4, -0.2) is 6.61 Å². The third kappa shape index (κ3) is 1.24. The van der Waals surface area contributed by atoms with Crippen LogP contribution in [0.4, 0.5) is 4.39 Å². The van der Waals surface area contributed by atoms with E-state index in [9.17, 15) is 4.39 Å². The molecule has 1 fully saturated rings. The molecule has 58 valence electrons. The Morgan fingerprint density at radius 1 is 1.55 bits per heavy atom. The molecule has 1 aliphatic heterocycles. The van der Waals surface area contributed by atoms with Gasteiger partial charge in [0.25, 0.3) is 0 Å².